The maximum absolute atomic E-state index is 13.4. The molecule has 2 N–H and O–H groups in total. The van der Waals surface area contributed by atoms with Crippen LogP contribution in [0.1, 0.15) is 44.1 Å². The van der Waals surface area contributed by atoms with Crippen LogP contribution < -0.4 is 5.73 Å². The van der Waals surface area contributed by atoms with Crippen molar-refractivity contribution in [3.05, 3.63) is 35.6 Å². The van der Waals surface area contributed by atoms with Gasteiger partial charge in [-0.2, -0.15) is 0 Å². The highest BCUT2D eigenvalue weighted by Gasteiger charge is 2.36. The topological polar surface area (TPSA) is 55.6 Å². The minimum Gasteiger partial charge on any atom is -0.364 e. The molecule has 140 valence electrons. The van der Waals surface area contributed by atoms with Crippen molar-refractivity contribution in [3.8, 4) is 0 Å². The molecule has 25 heavy (non-hydrogen) atoms. The Bertz CT molecular complexity index is 566. The summed E-state index contributed by atoms with van der Waals surface area (Å²) in [4.78, 5) is 15.0. The fraction of sp³-hybridized carbons (Fsp3) is 0.632. The molecule has 0 radical (unpaired) electrons. The molecule has 1 aliphatic heterocycles. The van der Waals surface area contributed by atoms with Gasteiger partial charge in [0, 0.05) is 19.1 Å². The molecule has 3 rings (SSSR count). The smallest absolute Gasteiger partial charge is 0.251 e. The number of nitrogens with zero attached hydrogens (tertiary/aromatic N) is 1. The monoisotopic (exact) mass is 370 g/mol. The zero-order valence-corrected chi connectivity index (χ0v) is 15.3. The van der Waals surface area contributed by atoms with Crippen LogP contribution in [0.4, 0.5) is 4.39 Å². The molecule has 0 unspecified atom stereocenters. The lowest BCUT2D eigenvalue weighted by atomic mass is 10.1. The van der Waals surface area contributed by atoms with E-state index in [4.69, 9.17) is 10.5 Å². The minimum absolute atomic E-state index is 0. The Hall–Kier alpha value is -1.17. The summed E-state index contributed by atoms with van der Waals surface area (Å²) in [5, 5.41) is 0. The molecule has 1 heterocycles. The third-order valence-corrected chi connectivity index (χ3v) is 5.22. The molecule has 1 aromatic rings. The van der Waals surface area contributed by atoms with Crippen molar-refractivity contribution >= 4 is 18.3 Å². The van der Waals surface area contributed by atoms with Gasteiger partial charge in [-0.25, -0.2) is 4.39 Å². The Morgan fingerprint density at radius 1 is 1.24 bits per heavy atom. The molecule has 0 aromatic heterocycles. The first-order chi connectivity index (χ1) is 11.7. The van der Waals surface area contributed by atoms with Crippen molar-refractivity contribution in [3.63, 3.8) is 0 Å². The minimum atomic E-state index is -0.355. The van der Waals surface area contributed by atoms with Gasteiger partial charge in [-0.3, -0.25) is 4.79 Å². The molecular formula is C19H28ClFN2O2. The summed E-state index contributed by atoms with van der Waals surface area (Å²) in [6.45, 7) is 1.09. The molecule has 1 amide bonds. The van der Waals surface area contributed by atoms with E-state index in [-0.39, 0.29) is 36.3 Å². The molecule has 0 bridgehead atoms. The van der Waals surface area contributed by atoms with Gasteiger partial charge in [-0.15, -0.1) is 12.4 Å². The quantitative estimate of drug-likeness (QED) is 0.837. The Morgan fingerprint density at radius 2 is 2.00 bits per heavy atom. The Kier molecular flexibility index (Phi) is 7.66. The maximum atomic E-state index is 13.4. The van der Waals surface area contributed by atoms with Gasteiger partial charge in [-0.1, -0.05) is 25.0 Å². The molecule has 4 nitrogen and oxygen atoms in total. The van der Waals surface area contributed by atoms with Crippen LogP contribution in [0, 0.1) is 5.82 Å². The van der Waals surface area contributed by atoms with Crippen molar-refractivity contribution in [2.75, 3.05) is 13.1 Å². The summed E-state index contributed by atoms with van der Waals surface area (Å²) < 4.78 is 19.2. The summed E-state index contributed by atoms with van der Waals surface area (Å²) in [6.07, 6.45) is 6.39. The Morgan fingerprint density at radius 3 is 2.64 bits per heavy atom. The summed E-state index contributed by atoms with van der Waals surface area (Å²) in [5.74, 6) is -0.134. The molecule has 2 fully saturated rings. The van der Waals surface area contributed by atoms with E-state index >= 15 is 0 Å². The summed E-state index contributed by atoms with van der Waals surface area (Å²) in [5.41, 5.74) is 6.59. The number of ether oxygens (including phenoxy) is 1. The highest BCUT2D eigenvalue weighted by molar-refractivity contribution is 5.85. The van der Waals surface area contributed by atoms with Crippen LogP contribution in [0.25, 0.3) is 0 Å². The van der Waals surface area contributed by atoms with Gasteiger partial charge >= 0.3 is 0 Å². The van der Waals surface area contributed by atoms with E-state index in [1.807, 2.05) is 11.0 Å². The maximum Gasteiger partial charge on any atom is 0.251 e. The standard InChI is InChI=1S/C19H27FN2O2.ClH/c20-15-5-3-4-14(12-15)10-11-22(16-6-1-2-7-16)19(23)18-9-8-17(13-21)24-18;/h3-5,12,16-18H,1-2,6-11,13,21H2;1H/t17-,18+;/m1./s1. The van der Waals surface area contributed by atoms with E-state index in [1.165, 1.54) is 18.9 Å². The van der Waals surface area contributed by atoms with Gasteiger partial charge in [-0.05, 0) is 49.8 Å². The molecule has 1 aromatic carbocycles. The highest BCUT2D eigenvalue weighted by atomic mass is 35.5. The first-order valence-corrected chi connectivity index (χ1v) is 9.08. The number of hydrogen-bond acceptors (Lipinski definition) is 3. The zero-order valence-electron chi connectivity index (χ0n) is 14.5. The Labute approximate surface area is 155 Å². The lowest BCUT2D eigenvalue weighted by Crippen LogP contribution is -2.45. The van der Waals surface area contributed by atoms with E-state index in [9.17, 15) is 9.18 Å². The van der Waals surface area contributed by atoms with Crippen molar-refractivity contribution < 1.29 is 13.9 Å². The largest absolute Gasteiger partial charge is 0.364 e. The SMILES string of the molecule is Cl.NC[C@H]1CC[C@@H](C(=O)N(CCc2cccc(F)c2)C2CCCC2)O1. The summed E-state index contributed by atoms with van der Waals surface area (Å²) in [7, 11) is 0. The number of carbonyl (C=O) groups excluding carboxylic acids is 1. The van der Waals surface area contributed by atoms with Gasteiger partial charge in [0.05, 0.1) is 6.10 Å². The third kappa shape index (κ3) is 5.16. The second-order valence-electron chi connectivity index (χ2n) is 6.91. The molecular weight excluding hydrogens is 343 g/mol. The van der Waals surface area contributed by atoms with E-state index in [0.29, 0.717) is 25.6 Å². The summed E-state index contributed by atoms with van der Waals surface area (Å²) in [6, 6.07) is 6.93. The predicted octanol–water partition coefficient (Wildman–Crippen LogP) is 3.07. The van der Waals surface area contributed by atoms with Crippen LogP contribution >= 0.6 is 12.4 Å². The molecule has 1 aliphatic carbocycles. The fourth-order valence-corrected chi connectivity index (χ4v) is 3.88. The van der Waals surface area contributed by atoms with Crippen LogP contribution in [0.15, 0.2) is 24.3 Å². The van der Waals surface area contributed by atoms with E-state index < -0.39 is 0 Å². The van der Waals surface area contributed by atoms with Crippen molar-refractivity contribution in [2.24, 2.45) is 5.73 Å². The number of hydrogen-bond donors (Lipinski definition) is 1. The summed E-state index contributed by atoms with van der Waals surface area (Å²) >= 11 is 0. The number of rotatable bonds is 6. The van der Waals surface area contributed by atoms with Crippen LogP contribution in [0.3, 0.4) is 0 Å². The lowest BCUT2D eigenvalue weighted by molar-refractivity contribution is -0.145. The molecule has 2 atom stereocenters. The second kappa shape index (κ2) is 9.51. The average Bonchev–Trinajstić information content (AvgIpc) is 3.26. The third-order valence-electron chi connectivity index (χ3n) is 5.22. The van der Waals surface area contributed by atoms with Crippen molar-refractivity contribution in [2.45, 2.75) is 63.2 Å². The number of amides is 1. The van der Waals surface area contributed by atoms with Crippen LogP contribution in [-0.2, 0) is 16.0 Å². The normalized spacial score (nSPS) is 23.4. The first kappa shape index (κ1) is 20.1. The first-order valence-electron chi connectivity index (χ1n) is 9.08. The van der Waals surface area contributed by atoms with Gasteiger partial charge in [0.15, 0.2) is 0 Å². The number of halogens is 2. The van der Waals surface area contributed by atoms with Gasteiger partial charge in [0.25, 0.3) is 5.91 Å². The van der Waals surface area contributed by atoms with E-state index in [1.54, 1.807) is 12.1 Å². The second-order valence-corrected chi connectivity index (χ2v) is 6.91. The average molecular weight is 371 g/mol. The van der Waals surface area contributed by atoms with Crippen LogP contribution in [0.5, 0.6) is 0 Å². The van der Waals surface area contributed by atoms with Crippen molar-refractivity contribution in [1.82, 2.24) is 4.90 Å². The van der Waals surface area contributed by atoms with Crippen molar-refractivity contribution in [1.29, 1.82) is 0 Å². The van der Waals surface area contributed by atoms with Crippen LogP contribution in [0.2, 0.25) is 0 Å². The van der Waals surface area contributed by atoms with Gasteiger partial charge in [0.1, 0.15) is 11.9 Å². The molecule has 1 saturated carbocycles. The number of benzene rings is 1. The lowest BCUT2D eigenvalue weighted by Gasteiger charge is -2.31. The molecule has 2 aliphatic rings. The fourth-order valence-electron chi connectivity index (χ4n) is 3.88. The molecule has 0 spiro atoms. The van der Waals surface area contributed by atoms with Gasteiger partial charge < -0.3 is 15.4 Å². The van der Waals surface area contributed by atoms with Gasteiger partial charge in [0.2, 0.25) is 0 Å². The van der Waals surface area contributed by atoms with Crippen LogP contribution in [-0.4, -0.2) is 42.1 Å². The predicted molar refractivity (Wildman–Crippen MR) is 98.3 cm³/mol. The Balaban J connectivity index is 0.00000225. The number of nitrogens with two attached hydrogens (primary N) is 1. The zero-order chi connectivity index (χ0) is 16.9. The highest BCUT2D eigenvalue weighted by Crippen LogP contribution is 2.27. The van der Waals surface area contributed by atoms with E-state index in [2.05, 4.69) is 0 Å². The molecule has 1 saturated heterocycles. The van der Waals surface area contributed by atoms with E-state index in [0.717, 1.165) is 31.2 Å². The number of carbonyl (C=O) groups is 1. The molecule has 6 heteroatoms.